The van der Waals surface area contributed by atoms with Gasteiger partial charge in [0.1, 0.15) is 6.04 Å². The quantitative estimate of drug-likeness (QED) is 0.685. The predicted octanol–water partition coefficient (Wildman–Crippen LogP) is 2.67. The monoisotopic (exact) mass is 283 g/mol. The molecule has 2 N–H and O–H groups in total. The largest absolute Gasteiger partial charge is 0.465 e. The van der Waals surface area contributed by atoms with Crippen LogP contribution in [0.1, 0.15) is 22.0 Å². The topological polar surface area (TPSA) is 52.3 Å². The van der Waals surface area contributed by atoms with E-state index in [0.29, 0.717) is 0 Å². The average molecular weight is 283 g/mol. The summed E-state index contributed by atoms with van der Waals surface area (Å²) < 4.78 is 67.3. The third-order valence-corrected chi connectivity index (χ3v) is 2.47. The van der Waals surface area contributed by atoms with Crippen LogP contribution in [0, 0.1) is 0 Å². The van der Waals surface area contributed by atoms with Crippen LogP contribution in [0.4, 0.5) is 22.0 Å². The first-order chi connectivity index (χ1) is 8.63. The molecule has 0 fully saturated rings. The van der Waals surface area contributed by atoms with Crippen molar-refractivity contribution in [3.05, 3.63) is 35.4 Å². The van der Waals surface area contributed by atoms with E-state index < -0.39 is 35.2 Å². The van der Waals surface area contributed by atoms with Crippen LogP contribution in [0.25, 0.3) is 0 Å². The van der Waals surface area contributed by atoms with Crippen LogP contribution in [-0.2, 0) is 4.74 Å². The molecule has 0 aliphatic carbocycles. The van der Waals surface area contributed by atoms with Gasteiger partial charge in [-0.25, -0.2) is 4.79 Å². The molecule has 0 unspecified atom stereocenters. The van der Waals surface area contributed by atoms with Crippen molar-refractivity contribution < 1.29 is 31.5 Å². The van der Waals surface area contributed by atoms with Gasteiger partial charge in [-0.15, -0.1) is 0 Å². The Morgan fingerprint density at radius 3 is 2.21 bits per heavy atom. The van der Waals surface area contributed by atoms with E-state index in [4.69, 9.17) is 5.73 Å². The minimum Gasteiger partial charge on any atom is -0.465 e. The summed E-state index contributed by atoms with van der Waals surface area (Å²) in [7, 11) is 0.979. The molecular weight excluding hydrogens is 273 g/mol. The molecule has 1 aromatic rings. The molecule has 19 heavy (non-hydrogen) atoms. The highest BCUT2D eigenvalue weighted by Gasteiger charge is 2.62. The summed E-state index contributed by atoms with van der Waals surface area (Å²) in [5.41, 5.74) is 3.92. The van der Waals surface area contributed by atoms with E-state index in [-0.39, 0.29) is 0 Å². The number of ether oxygens (including phenoxy) is 1. The van der Waals surface area contributed by atoms with Gasteiger partial charge < -0.3 is 10.5 Å². The number of alkyl halides is 5. The van der Waals surface area contributed by atoms with Gasteiger partial charge in [-0.2, -0.15) is 22.0 Å². The number of benzene rings is 1. The lowest BCUT2D eigenvalue weighted by Gasteiger charge is -2.26. The molecule has 3 nitrogen and oxygen atoms in total. The summed E-state index contributed by atoms with van der Waals surface area (Å²) in [6.45, 7) is 0. The second kappa shape index (κ2) is 5.12. The molecule has 0 spiro atoms. The van der Waals surface area contributed by atoms with Crippen molar-refractivity contribution in [3.63, 3.8) is 0 Å². The Morgan fingerprint density at radius 2 is 1.74 bits per heavy atom. The number of hydrogen-bond acceptors (Lipinski definition) is 3. The number of carbonyl (C=O) groups excluding carboxylic acids is 1. The second-order valence-electron chi connectivity index (χ2n) is 3.68. The minimum absolute atomic E-state index is 0.429. The molecule has 0 saturated carbocycles. The Morgan fingerprint density at radius 1 is 1.21 bits per heavy atom. The minimum atomic E-state index is -5.81. The summed E-state index contributed by atoms with van der Waals surface area (Å²) in [6.07, 6.45) is -5.81. The summed E-state index contributed by atoms with van der Waals surface area (Å²) in [6, 6.07) is 1.80. The van der Waals surface area contributed by atoms with Gasteiger partial charge in [0.2, 0.25) is 0 Å². The molecule has 106 valence electrons. The fourth-order valence-corrected chi connectivity index (χ4v) is 1.44. The summed E-state index contributed by atoms with van der Waals surface area (Å²) in [5.74, 6) is -6.19. The fraction of sp³-hybridized carbons (Fsp3) is 0.364. The zero-order valence-corrected chi connectivity index (χ0v) is 9.67. The number of rotatable bonds is 3. The van der Waals surface area contributed by atoms with Gasteiger partial charge in [0, 0.05) is 0 Å². The molecule has 0 saturated heterocycles. The first kappa shape index (κ1) is 15.4. The SMILES string of the molecule is COC(=O)c1ccccc1[C@@H](N)C(F)(F)C(F)(F)F. The lowest BCUT2D eigenvalue weighted by molar-refractivity contribution is -0.291. The van der Waals surface area contributed by atoms with Gasteiger partial charge in [0.25, 0.3) is 0 Å². The van der Waals surface area contributed by atoms with Crippen LogP contribution in [0.2, 0.25) is 0 Å². The highest BCUT2D eigenvalue weighted by atomic mass is 19.4. The van der Waals surface area contributed by atoms with Crippen molar-refractivity contribution >= 4 is 5.97 Å². The van der Waals surface area contributed by atoms with E-state index in [9.17, 15) is 26.7 Å². The van der Waals surface area contributed by atoms with Crippen molar-refractivity contribution in [2.75, 3.05) is 7.11 Å². The molecule has 1 aromatic carbocycles. The van der Waals surface area contributed by atoms with E-state index in [1.807, 2.05) is 0 Å². The van der Waals surface area contributed by atoms with Crippen LogP contribution >= 0.6 is 0 Å². The third kappa shape index (κ3) is 2.83. The molecule has 0 radical (unpaired) electrons. The van der Waals surface area contributed by atoms with Crippen molar-refractivity contribution in [3.8, 4) is 0 Å². The second-order valence-corrected chi connectivity index (χ2v) is 3.68. The van der Waals surface area contributed by atoms with E-state index in [1.165, 1.54) is 12.1 Å². The van der Waals surface area contributed by atoms with Gasteiger partial charge >= 0.3 is 18.1 Å². The van der Waals surface area contributed by atoms with Crippen LogP contribution in [0.15, 0.2) is 24.3 Å². The summed E-state index contributed by atoms with van der Waals surface area (Å²) in [5, 5.41) is 0. The van der Waals surface area contributed by atoms with Gasteiger partial charge in [-0.05, 0) is 11.6 Å². The first-order valence-corrected chi connectivity index (χ1v) is 5.00. The Balaban J connectivity index is 3.28. The number of hydrogen-bond donors (Lipinski definition) is 1. The predicted molar refractivity (Wildman–Crippen MR) is 55.7 cm³/mol. The summed E-state index contributed by atoms with van der Waals surface area (Å²) in [4.78, 5) is 11.3. The molecular formula is C11H10F5NO2. The highest BCUT2D eigenvalue weighted by Crippen LogP contribution is 2.43. The van der Waals surface area contributed by atoms with Gasteiger partial charge in [-0.3, -0.25) is 0 Å². The van der Waals surface area contributed by atoms with Crippen LogP contribution in [0.3, 0.4) is 0 Å². The maximum atomic E-state index is 13.2. The maximum absolute atomic E-state index is 13.2. The number of carbonyl (C=O) groups is 1. The average Bonchev–Trinajstić information content (AvgIpc) is 2.35. The highest BCUT2D eigenvalue weighted by molar-refractivity contribution is 5.91. The van der Waals surface area contributed by atoms with Crippen molar-refractivity contribution in [2.45, 2.75) is 18.1 Å². The lowest BCUT2D eigenvalue weighted by Crippen LogP contribution is -2.46. The van der Waals surface area contributed by atoms with Crippen LogP contribution in [-0.4, -0.2) is 25.2 Å². The van der Waals surface area contributed by atoms with Crippen LogP contribution in [0.5, 0.6) is 0 Å². The van der Waals surface area contributed by atoms with Crippen molar-refractivity contribution in [2.24, 2.45) is 5.73 Å². The standard InChI is InChI=1S/C11H10F5NO2/c1-19-9(18)7-5-3-2-4-6(7)8(17)10(12,13)11(14,15)16/h2-5,8H,17H2,1H3/t8-/m1/s1. The zero-order chi connectivity index (χ0) is 14.8. The molecule has 0 amide bonds. The maximum Gasteiger partial charge on any atom is 0.455 e. The number of halogens is 5. The van der Waals surface area contributed by atoms with E-state index in [1.54, 1.807) is 0 Å². The molecule has 0 bridgehead atoms. The van der Waals surface area contributed by atoms with E-state index in [2.05, 4.69) is 4.74 Å². The molecule has 0 aliphatic heterocycles. The van der Waals surface area contributed by atoms with Crippen LogP contribution < -0.4 is 5.73 Å². The zero-order valence-electron chi connectivity index (χ0n) is 9.67. The number of nitrogens with two attached hydrogens (primary N) is 1. The first-order valence-electron chi connectivity index (χ1n) is 5.00. The van der Waals surface area contributed by atoms with Gasteiger partial charge in [-0.1, -0.05) is 18.2 Å². The number of methoxy groups -OCH3 is 1. The summed E-state index contributed by atoms with van der Waals surface area (Å²) >= 11 is 0. The Hall–Kier alpha value is -1.70. The van der Waals surface area contributed by atoms with Crippen molar-refractivity contribution in [1.29, 1.82) is 0 Å². The number of esters is 1. The smallest absolute Gasteiger partial charge is 0.455 e. The molecule has 0 aromatic heterocycles. The van der Waals surface area contributed by atoms with E-state index in [0.717, 1.165) is 19.2 Å². The molecule has 1 rings (SSSR count). The van der Waals surface area contributed by atoms with Gasteiger partial charge in [0.15, 0.2) is 0 Å². The molecule has 1 atom stereocenters. The Bertz CT molecular complexity index is 472. The van der Waals surface area contributed by atoms with Crippen molar-refractivity contribution in [1.82, 2.24) is 0 Å². The van der Waals surface area contributed by atoms with Gasteiger partial charge in [0.05, 0.1) is 12.7 Å². The third-order valence-electron chi connectivity index (χ3n) is 2.47. The molecule has 8 heteroatoms. The lowest BCUT2D eigenvalue weighted by atomic mass is 9.96. The molecule has 0 aliphatic rings. The Kier molecular flexibility index (Phi) is 4.14. The fourth-order valence-electron chi connectivity index (χ4n) is 1.44. The Labute approximate surface area is 105 Å². The normalized spacial score (nSPS) is 14.1. The van der Waals surface area contributed by atoms with E-state index >= 15 is 0 Å². The molecule has 0 heterocycles.